The third kappa shape index (κ3) is 6.41. The fraction of sp³-hybridized carbons (Fsp3) is 0.517. The second-order valence-corrected chi connectivity index (χ2v) is 10.1. The lowest BCUT2D eigenvalue weighted by Gasteiger charge is -2.44. The van der Waals surface area contributed by atoms with E-state index >= 15 is 0 Å². The third-order valence-corrected chi connectivity index (χ3v) is 7.48. The lowest BCUT2D eigenvalue weighted by molar-refractivity contribution is -0.143. The molecular formula is C29H37FN2O3. The maximum atomic E-state index is 13.7. The summed E-state index contributed by atoms with van der Waals surface area (Å²) >= 11 is 0. The molecule has 0 aromatic heterocycles. The summed E-state index contributed by atoms with van der Waals surface area (Å²) in [5, 5.41) is 0. The van der Waals surface area contributed by atoms with Crippen LogP contribution in [0.2, 0.25) is 0 Å². The molecule has 2 aliphatic rings. The molecule has 2 amide bonds. The lowest BCUT2D eigenvalue weighted by atomic mass is 9.76. The Hall–Kier alpha value is -2.89. The van der Waals surface area contributed by atoms with Crippen molar-refractivity contribution in [3.05, 3.63) is 66.0 Å². The Labute approximate surface area is 208 Å². The molecule has 2 fully saturated rings. The van der Waals surface area contributed by atoms with Crippen LogP contribution in [0.15, 0.2) is 54.6 Å². The van der Waals surface area contributed by atoms with Crippen LogP contribution in [-0.4, -0.2) is 54.4 Å². The molecule has 35 heavy (non-hydrogen) atoms. The van der Waals surface area contributed by atoms with Gasteiger partial charge in [0.05, 0.1) is 12.5 Å². The predicted molar refractivity (Wildman–Crippen MR) is 135 cm³/mol. The van der Waals surface area contributed by atoms with Crippen molar-refractivity contribution in [1.82, 2.24) is 9.80 Å². The molecule has 2 aromatic carbocycles. The van der Waals surface area contributed by atoms with Gasteiger partial charge in [-0.3, -0.25) is 9.59 Å². The summed E-state index contributed by atoms with van der Waals surface area (Å²) in [6.07, 6.45) is 6.00. The topological polar surface area (TPSA) is 49.9 Å². The first kappa shape index (κ1) is 25.2. The SMILES string of the molecule is CCC(C(=O)N1CCCC(COc2ccc(F)cc2)(CC(=O)N2CCCCC2)C1)c1ccccc1. The zero-order valence-electron chi connectivity index (χ0n) is 20.8. The van der Waals surface area contributed by atoms with Crippen LogP contribution in [0.1, 0.15) is 63.4 Å². The molecule has 2 saturated heterocycles. The summed E-state index contributed by atoms with van der Waals surface area (Å²) in [5.74, 6) is 0.346. The number of benzene rings is 2. The number of carbonyl (C=O) groups is 2. The Bertz CT molecular complexity index is 975. The maximum Gasteiger partial charge on any atom is 0.230 e. The first-order valence-electron chi connectivity index (χ1n) is 13.0. The van der Waals surface area contributed by atoms with Gasteiger partial charge >= 0.3 is 0 Å². The van der Waals surface area contributed by atoms with Gasteiger partial charge in [0.1, 0.15) is 11.6 Å². The zero-order chi connectivity index (χ0) is 24.7. The number of halogens is 1. The second-order valence-electron chi connectivity index (χ2n) is 10.1. The highest BCUT2D eigenvalue weighted by Crippen LogP contribution is 2.37. The van der Waals surface area contributed by atoms with Gasteiger partial charge in [-0.15, -0.1) is 0 Å². The van der Waals surface area contributed by atoms with E-state index in [1.165, 1.54) is 18.6 Å². The van der Waals surface area contributed by atoms with E-state index in [1.807, 2.05) is 47.1 Å². The van der Waals surface area contributed by atoms with Gasteiger partial charge < -0.3 is 14.5 Å². The highest BCUT2D eigenvalue weighted by atomic mass is 19.1. The van der Waals surface area contributed by atoms with Crippen LogP contribution in [0.5, 0.6) is 5.75 Å². The van der Waals surface area contributed by atoms with E-state index < -0.39 is 5.41 Å². The molecule has 188 valence electrons. The minimum atomic E-state index is -0.466. The van der Waals surface area contributed by atoms with Gasteiger partial charge in [-0.1, -0.05) is 37.3 Å². The third-order valence-electron chi connectivity index (χ3n) is 7.48. The minimum Gasteiger partial charge on any atom is -0.493 e. The van der Waals surface area contributed by atoms with Crippen molar-refractivity contribution in [2.24, 2.45) is 5.41 Å². The molecule has 2 atom stereocenters. The number of likely N-dealkylation sites (tertiary alicyclic amines) is 2. The fourth-order valence-electron chi connectivity index (χ4n) is 5.51. The number of piperidine rings is 2. The van der Waals surface area contributed by atoms with E-state index in [0.29, 0.717) is 31.9 Å². The number of amides is 2. The Morgan fingerprint density at radius 2 is 1.63 bits per heavy atom. The van der Waals surface area contributed by atoms with Gasteiger partial charge in [-0.25, -0.2) is 4.39 Å². The molecule has 2 unspecified atom stereocenters. The monoisotopic (exact) mass is 480 g/mol. The minimum absolute atomic E-state index is 0.120. The summed E-state index contributed by atoms with van der Waals surface area (Å²) in [6, 6.07) is 15.9. The largest absolute Gasteiger partial charge is 0.493 e. The van der Waals surface area contributed by atoms with Crippen LogP contribution in [0, 0.1) is 11.2 Å². The van der Waals surface area contributed by atoms with Gasteiger partial charge in [0.15, 0.2) is 0 Å². The Kier molecular flexibility index (Phi) is 8.42. The van der Waals surface area contributed by atoms with Crippen LogP contribution < -0.4 is 4.74 Å². The standard InChI is InChI=1S/C29H37FN2O3/c1-2-26(23-10-5-3-6-11-23)28(34)32-19-9-16-29(21-32,20-27(33)31-17-7-4-8-18-31)22-35-25-14-12-24(30)13-15-25/h3,5-6,10-15,26H,2,4,7-9,16-22H2,1H3. The smallest absolute Gasteiger partial charge is 0.230 e. The molecule has 2 aromatic rings. The van der Waals surface area contributed by atoms with Crippen LogP contribution in [0.4, 0.5) is 4.39 Å². The molecule has 2 aliphatic heterocycles. The molecular weight excluding hydrogens is 443 g/mol. The first-order chi connectivity index (χ1) is 17.0. The molecule has 0 spiro atoms. The molecule has 2 heterocycles. The number of nitrogens with zero attached hydrogens (tertiary/aromatic N) is 2. The number of hydrogen-bond donors (Lipinski definition) is 0. The number of carbonyl (C=O) groups excluding carboxylic acids is 2. The van der Waals surface area contributed by atoms with Crippen molar-refractivity contribution in [1.29, 1.82) is 0 Å². The van der Waals surface area contributed by atoms with E-state index in [0.717, 1.165) is 50.8 Å². The molecule has 5 nitrogen and oxygen atoms in total. The van der Waals surface area contributed by atoms with E-state index in [1.54, 1.807) is 12.1 Å². The number of rotatable bonds is 8. The van der Waals surface area contributed by atoms with E-state index in [-0.39, 0.29) is 23.5 Å². The van der Waals surface area contributed by atoms with E-state index in [2.05, 4.69) is 0 Å². The zero-order valence-corrected chi connectivity index (χ0v) is 20.8. The number of ether oxygens (including phenoxy) is 1. The van der Waals surface area contributed by atoms with Crippen molar-refractivity contribution in [3.8, 4) is 5.75 Å². The normalized spacial score (nSPS) is 21.4. The van der Waals surface area contributed by atoms with Gasteiger partial charge in [-0.2, -0.15) is 0 Å². The van der Waals surface area contributed by atoms with Gasteiger partial charge in [0.25, 0.3) is 0 Å². The summed E-state index contributed by atoms with van der Waals surface area (Å²) < 4.78 is 19.5. The highest BCUT2D eigenvalue weighted by Gasteiger charge is 2.42. The molecule has 0 N–H and O–H groups in total. The molecule has 0 aliphatic carbocycles. The van der Waals surface area contributed by atoms with Crippen molar-refractivity contribution < 1.29 is 18.7 Å². The van der Waals surface area contributed by atoms with Crippen LogP contribution >= 0.6 is 0 Å². The summed E-state index contributed by atoms with van der Waals surface area (Å²) in [7, 11) is 0. The lowest BCUT2D eigenvalue weighted by Crippen LogP contribution is -2.52. The first-order valence-corrected chi connectivity index (χ1v) is 13.0. The maximum absolute atomic E-state index is 13.7. The predicted octanol–water partition coefficient (Wildman–Crippen LogP) is 5.41. The molecule has 0 bridgehead atoms. The summed E-state index contributed by atoms with van der Waals surface area (Å²) in [6.45, 7) is 5.17. The Balaban J connectivity index is 1.53. The van der Waals surface area contributed by atoms with Crippen molar-refractivity contribution in [3.63, 3.8) is 0 Å². The summed E-state index contributed by atoms with van der Waals surface area (Å²) in [5.41, 5.74) is 0.564. The van der Waals surface area contributed by atoms with E-state index in [4.69, 9.17) is 4.74 Å². The average Bonchev–Trinajstić information content (AvgIpc) is 2.90. The Morgan fingerprint density at radius 3 is 2.31 bits per heavy atom. The average molecular weight is 481 g/mol. The Morgan fingerprint density at radius 1 is 0.943 bits per heavy atom. The van der Waals surface area contributed by atoms with Crippen molar-refractivity contribution in [2.75, 3.05) is 32.8 Å². The van der Waals surface area contributed by atoms with Gasteiger partial charge in [0, 0.05) is 38.0 Å². The van der Waals surface area contributed by atoms with Crippen molar-refractivity contribution in [2.45, 2.75) is 57.8 Å². The molecule has 6 heteroatoms. The van der Waals surface area contributed by atoms with Crippen LogP contribution in [0.3, 0.4) is 0 Å². The van der Waals surface area contributed by atoms with Gasteiger partial charge in [-0.05, 0) is 68.4 Å². The summed E-state index contributed by atoms with van der Waals surface area (Å²) in [4.78, 5) is 30.9. The molecule has 4 rings (SSSR count). The highest BCUT2D eigenvalue weighted by molar-refractivity contribution is 5.84. The van der Waals surface area contributed by atoms with Crippen LogP contribution in [-0.2, 0) is 9.59 Å². The second kappa shape index (κ2) is 11.7. The fourth-order valence-corrected chi connectivity index (χ4v) is 5.51. The quantitative estimate of drug-likeness (QED) is 0.508. The van der Waals surface area contributed by atoms with E-state index in [9.17, 15) is 14.0 Å². The van der Waals surface area contributed by atoms with Crippen molar-refractivity contribution >= 4 is 11.8 Å². The molecule has 0 saturated carbocycles. The number of hydrogen-bond acceptors (Lipinski definition) is 3. The van der Waals surface area contributed by atoms with Gasteiger partial charge in [0.2, 0.25) is 11.8 Å². The van der Waals surface area contributed by atoms with Crippen LogP contribution in [0.25, 0.3) is 0 Å². The molecule has 0 radical (unpaired) electrons.